The van der Waals surface area contributed by atoms with E-state index >= 15 is 0 Å². The molecule has 0 unspecified atom stereocenters. The predicted octanol–water partition coefficient (Wildman–Crippen LogP) is 13.6. The second-order valence-electron chi connectivity index (χ2n) is 28.5. The zero-order chi connectivity index (χ0) is 77.0. The number of urea groups is 1. The number of nitrogens with zero attached hydrogens (tertiary/aromatic N) is 6. The van der Waals surface area contributed by atoms with Gasteiger partial charge in [0.2, 0.25) is 0 Å². The average molecular weight is 1540 g/mol. The fourth-order valence-electron chi connectivity index (χ4n) is 15.6. The van der Waals surface area contributed by atoms with Crippen LogP contribution >= 0.6 is 23.2 Å². The molecule has 0 radical (unpaired) electrons. The molecule has 23 heteroatoms. The number of carbonyl (C=O) groups excluding carboxylic acids is 7. The normalized spacial score (nSPS) is 16.2. The number of benzene rings is 9. The molecule has 6 aliphatic rings. The molecule has 9 aromatic rings. The minimum Gasteiger partial charge on any atom is -0.482 e. The molecule has 7 amide bonds. The molecule has 576 valence electrons. The molecular formula is C88H94Cl2N10O11. The number of nitrogens with one attached hydrogen (secondary N) is 4. The summed E-state index contributed by atoms with van der Waals surface area (Å²) in [5.41, 5.74) is 9.50. The van der Waals surface area contributed by atoms with Crippen molar-refractivity contribution < 1.29 is 52.5 Å². The number of anilines is 4. The van der Waals surface area contributed by atoms with Crippen LogP contribution in [0, 0.1) is 0 Å². The highest BCUT2D eigenvalue weighted by Crippen LogP contribution is 2.38. The summed E-state index contributed by atoms with van der Waals surface area (Å²) in [7, 11) is 1.39. The van der Waals surface area contributed by atoms with E-state index in [1.54, 1.807) is 12.1 Å². The second kappa shape index (κ2) is 38.2. The Bertz CT molecular complexity index is 4750. The van der Waals surface area contributed by atoms with E-state index < -0.39 is 0 Å². The summed E-state index contributed by atoms with van der Waals surface area (Å²) in [6.07, 6.45) is 6.47. The molecule has 0 bridgehead atoms. The first-order chi connectivity index (χ1) is 54.2. The van der Waals surface area contributed by atoms with Crippen molar-refractivity contribution in [3.05, 3.63) is 255 Å². The third-order valence-corrected chi connectivity index (χ3v) is 22.1. The molecule has 0 saturated carbocycles. The number of likely N-dealkylation sites (tertiary alicyclic amines) is 3. The number of para-hydroxylation sites is 6. The highest BCUT2D eigenvalue weighted by atomic mass is 35.5. The van der Waals surface area contributed by atoms with E-state index in [-0.39, 0.29) is 67.3 Å². The van der Waals surface area contributed by atoms with E-state index in [9.17, 15) is 33.6 Å². The Morgan fingerprint density at radius 3 is 1.33 bits per heavy atom. The highest BCUT2D eigenvalue weighted by molar-refractivity contribution is 6.31. The van der Waals surface area contributed by atoms with Crippen LogP contribution in [0.4, 0.5) is 27.5 Å². The topological polar surface area (TPSA) is 224 Å². The fourth-order valence-corrected chi connectivity index (χ4v) is 16.0. The van der Waals surface area contributed by atoms with Gasteiger partial charge in [0.25, 0.3) is 29.5 Å². The Labute approximate surface area is 658 Å². The Morgan fingerprint density at radius 1 is 0.414 bits per heavy atom. The molecule has 6 aliphatic heterocycles. The summed E-state index contributed by atoms with van der Waals surface area (Å²) in [4.78, 5) is 101. The number of halogens is 2. The molecule has 0 aromatic heterocycles. The molecule has 3 fully saturated rings. The van der Waals surface area contributed by atoms with Gasteiger partial charge in [0.05, 0.1) is 35.4 Å². The number of hydrogen-bond donors (Lipinski definition) is 4. The maximum atomic E-state index is 13.2. The maximum absolute atomic E-state index is 13.2. The van der Waals surface area contributed by atoms with E-state index in [0.717, 1.165) is 171 Å². The van der Waals surface area contributed by atoms with Crippen LogP contribution in [0.15, 0.2) is 206 Å². The van der Waals surface area contributed by atoms with Crippen molar-refractivity contribution in [1.82, 2.24) is 30.7 Å². The number of esters is 1. The lowest BCUT2D eigenvalue weighted by Gasteiger charge is -2.35. The zero-order valence-electron chi connectivity index (χ0n) is 62.5. The minimum atomic E-state index is -0.348. The summed E-state index contributed by atoms with van der Waals surface area (Å²) < 4.78 is 21.6. The van der Waals surface area contributed by atoms with E-state index in [1.165, 1.54) is 12.7 Å². The van der Waals surface area contributed by atoms with Crippen LogP contribution in [0.2, 0.25) is 10.0 Å². The van der Waals surface area contributed by atoms with E-state index in [2.05, 4.69) is 54.2 Å². The lowest BCUT2D eigenvalue weighted by Crippen LogP contribution is -2.45. The number of amides is 7. The molecular weight excluding hydrogens is 1440 g/mol. The van der Waals surface area contributed by atoms with Crippen LogP contribution in [0.1, 0.15) is 110 Å². The Morgan fingerprint density at radius 2 is 0.820 bits per heavy atom. The molecule has 111 heavy (non-hydrogen) atoms. The largest absolute Gasteiger partial charge is 0.482 e. The Kier molecular flexibility index (Phi) is 27.0. The van der Waals surface area contributed by atoms with Gasteiger partial charge in [-0.05, 0) is 202 Å². The first kappa shape index (κ1) is 78.3. The molecule has 4 N–H and O–H groups in total. The first-order valence-electron chi connectivity index (χ1n) is 38.3. The SMILES string of the molecule is COC(=O)c1cc(Cl)ccc1C1CCN(CCN2C(=O)COc3ccccc32)CC1.O=C(NCCNC(=O)c1ccccc1C1CCN(CCN2C(=O)COc3ccccc32)CC1)Nc1cccc2ccccc12.O=C(NCCc1ccccc1)c1cc(Cl)ccc1C1CCN(CCN2C(=O)COc3ccccc32)CC1. The molecule has 21 nitrogen and oxygen atoms in total. The number of methoxy groups -OCH3 is 1. The van der Waals surface area contributed by atoms with Crippen molar-refractivity contribution in [2.45, 2.75) is 62.7 Å². The first-order valence-corrected chi connectivity index (χ1v) is 39.1. The van der Waals surface area contributed by atoms with Crippen LogP contribution in [0.3, 0.4) is 0 Å². The smallest absolute Gasteiger partial charge is 0.338 e. The van der Waals surface area contributed by atoms with Crippen LogP contribution in [-0.2, 0) is 25.5 Å². The molecule has 0 spiro atoms. The summed E-state index contributed by atoms with van der Waals surface area (Å²) in [6, 6.07) is 65.5. The number of fused-ring (bicyclic) bond motifs is 4. The van der Waals surface area contributed by atoms with Gasteiger partial charge in [0, 0.05) is 85.5 Å². The van der Waals surface area contributed by atoms with Crippen LogP contribution in [0.5, 0.6) is 17.2 Å². The average Bonchev–Trinajstić information content (AvgIpc) is 0.819. The molecule has 3 saturated heterocycles. The third kappa shape index (κ3) is 20.2. The van der Waals surface area contributed by atoms with Gasteiger partial charge in [0.15, 0.2) is 19.8 Å². The quantitative estimate of drug-likeness (QED) is 0.0366. The van der Waals surface area contributed by atoms with Crippen molar-refractivity contribution in [1.29, 1.82) is 0 Å². The number of rotatable bonds is 22. The summed E-state index contributed by atoms with van der Waals surface area (Å²) in [5.74, 6) is 2.57. The zero-order valence-corrected chi connectivity index (χ0v) is 64.0. The second-order valence-corrected chi connectivity index (χ2v) is 29.3. The Hall–Kier alpha value is -10.8. The van der Waals surface area contributed by atoms with E-state index in [4.69, 9.17) is 42.1 Å². The van der Waals surface area contributed by atoms with Crippen LogP contribution in [-0.4, -0.2) is 181 Å². The number of ether oxygens (including phenoxy) is 4. The van der Waals surface area contributed by atoms with Crippen molar-refractivity contribution in [2.75, 3.05) is 145 Å². The standard InChI is InChI=1S/C35H37N5O4.C30H32ClN3O3.C23H25ClN2O4/c41-33-24-44-32-15-6-5-14-31(32)40(33)23-22-39-20-16-26(17-21-39)27-10-3-4-12-29(27)34(42)36-18-19-37-35(43)38-30-13-7-9-25-8-1-2-11-28(25)30;31-24-10-11-25(26(20-24)30(36)32-15-12-22-6-2-1-3-7-22)23-13-16-33(17-14-23)18-19-34-27-8-4-5-9-28(27)37-21-29(34)35;1-29-23(28)19-14-17(24)6-7-18(19)16-8-10-25(11-9-16)12-13-26-20-4-2-3-5-21(20)30-15-22(26)27/h1-15,26H,16-24H2,(H,36,42)(H2,37,38,43);1-11,20,23H,12-19,21H2,(H,32,36);2-7,14,16H,8-13,15H2,1H3. The van der Waals surface area contributed by atoms with Crippen molar-refractivity contribution in [3.8, 4) is 17.2 Å². The van der Waals surface area contributed by atoms with Gasteiger partial charge >= 0.3 is 12.0 Å². The van der Waals surface area contributed by atoms with Gasteiger partial charge in [-0.25, -0.2) is 9.59 Å². The van der Waals surface area contributed by atoms with Gasteiger partial charge in [-0.3, -0.25) is 24.0 Å². The van der Waals surface area contributed by atoms with Crippen molar-refractivity contribution >= 4 is 98.3 Å². The van der Waals surface area contributed by atoms with Crippen molar-refractivity contribution in [2.24, 2.45) is 0 Å². The molecule has 0 aliphatic carbocycles. The third-order valence-electron chi connectivity index (χ3n) is 21.6. The van der Waals surface area contributed by atoms with E-state index in [0.29, 0.717) is 77.8 Å². The van der Waals surface area contributed by atoms with Crippen LogP contribution < -0.4 is 50.2 Å². The van der Waals surface area contributed by atoms with E-state index in [1.807, 2.05) is 191 Å². The fraction of sp³-hybridized carbons (Fsp3) is 0.330. The highest BCUT2D eigenvalue weighted by Gasteiger charge is 2.33. The lowest BCUT2D eigenvalue weighted by molar-refractivity contribution is -0.122. The molecule has 15 rings (SSSR count). The predicted molar refractivity (Wildman–Crippen MR) is 435 cm³/mol. The Balaban J connectivity index is 0.000000149. The van der Waals surface area contributed by atoms with Gasteiger partial charge in [-0.15, -0.1) is 0 Å². The monoisotopic (exact) mass is 1540 g/mol. The number of hydrogen-bond acceptors (Lipinski definition) is 14. The van der Waals surface area contributed by atoms with Crippen LogP contribution in [0.25, 0.3) is 10.8 Å². The van der Waals surface area contributed by atoms with Gasteiger partial charge in [0.1, 0.15) is 17.2 Å². The summed E-state index contributed by atoms with van der Waals surface area (Å²) in [5, 5.41) is 14.9. The molecule has 6 heterocycles. The lowest BCUT2D eigenvalue weighted by atomic mass is 9.86. The molecule has 9 aromatic carbocycles. The maximum Gasteiger partial charge on any atom is 0.338 e. The summed E-state index contributed by atoms with van der Waals surface area (Å²) in [6.45, 7) is 11.2. The number of piperidine rings is 3. The number of carbonyl (C=O) groups is 7. The minimum absolute atomic E-state index is 0.00216. The molecule has 0 atom stereocenters. The van der Waals surface area contributed by atoms with Gasteiger partial charge < -0.3 is 69.6 Å². The summed E-state index contributed by atoms with van der Waals surface area (Å²) >= 11 is 12.4. The van der Waals surface area contributed by atoms with Gasteiger partial charge in [-0.1, -0.05) is 157 Å². The van der Waals surface area contributed by atoms with Crippen molar-refractivity contribution in [3.63, 3.8) is 0 Å². The van der Waals surface area contributed by atoms with Gasteiger partial charge in [-0.2, -0.15) is 0 Å².